The Morgan fingerprint density at radius 2 is 2.06 bits per heavy atom. The average molecular weight is 299 g/mol. The second-order valence-electron chi connectivity index (χ2n) is 3.30. The Hall–Kier alpha value is -1.13. The van der Waals surface area contributed by atoms with Crippen LogP contribution in [0.5, 0.6) is 0 Å². The number of carbonyl (C=O) groups excluding carboxylic acids is 1. The third-order valence-electron chi connectivity index (χ3n) is 1.94. The Morgan fingerprint density at radius 3 is 2.71 bits per heavy atom. The van der Waals surface area contributed by atoms with Gasteiger partial charge in [-0.2, -0.15) is 0 Å². The molecule has 0 spiro atoms. The van der Waals surface area contributed by atoms with E-state index >= 15 is 0 Å². The lowest BCUT2D eigenvalue weighted by Crippen LogP contribution is -2.00. The molecule has 0 fully saturated rings. The monoisotopic (exact) mass is 298 g/mol. The van der Waals surface area contributed by atoms with Crippen LogP contribution >= 0.6 is 15.9 Å². The number of rotatable bonds is 6. The molecule has 0 saturated carbocycles. The SMILES string of the molecule is CCOC(=O)/C=C/COCc1ccc(Br)cc1. The van der Waals surface area contributed by atoms with E-state index in [1.165, 1.54) is 6.08 Å². The van der Waals surface area contributed by atoms with E-state index in [1.54, 1.807) is 13.0 Å². The molecule has 0 N–H and O–H groups in total. The van der Waals surface area contributed by atoms with Crippen LogP contribution < -0.4 is 0 Å². The molecule has 0 radical (unpaired) electrons. The van der Waals surface area contributed by atoms with E-state index in [-0.39, 0.29) is 5.97 Å². The van der Waals surface area contributed by atoms with Crippen molar-refractivity contribution in [3.05, 3.63) is 46.5 Å². The van der Waals surface area contributed by atoms with Crippen molar-refractivity contribution in [2.24, 2.45) is 0 Å². The molecule has 0 aliphatic carbocycles. The zero-order chi connectivity index (χ0) is 12.5. The van der Waals surface area contributed by atoms with Crippen molar-refractivity contribution in [2.75, 3.05) is 13.2 Å². The standard InChI is InChI=1S/C13H15BrO3/c1-2-17-13(15)4-3-9-16-10-11-5-7-12(14)8-6-11/h3-8H,2,9-10H2,1H3/b4-3+. The van der Waals surface area contributed by atoms with E-state index in [1.807, 2.05) is 24.3 Å². The third-order valence-corrected chi connectivity index (χ3v) is 2.47. The van der Waals surface area contributed by atoms with Crippen LogP contribution in [0.4, 0.5) is 0 Å². The minimum atomic E-state index is -0.334. The van der Waals surface area contributed by atoms with Crippen molar-refractivity contribution in [1.82, 2.24) is 0 Å². The fraction of sp³-hybridized carbons (Fsp3) is 0.308. The molecule has 4 heteroatoms. The van der Waals surface area contributed by atoms with Crippen molar-refractivity contribution < 1.29 is 14.3 Å². The van der Waals surface area contributed by atoms with Crippen LogP contribution in [0.25, 0.3) is 0 Å². The molecule has 1 aromatic carbocycles. The van der Waals surface area contributed by atoms with E-state index in [2.05, 4.69) is 15.9 Å². The van der Waals surface area contributed by atoms with Gasteiger partial charge in [0.05, 0.1) is 19.8 Å². The topological polar surface area (TPSA) is 35.5 Å². The minimum Gasteiger partial charge on any atom is -0.463 e. The Kier molecular flexibility index (Phi) is 6.58. The summed E-state index contributed by atoms with van der Waals surface area (Å²) in [6.45, 7) is 3.09. The summed E-state index contributed by atoms with van der Waals surface area (Å²) >= 11 is 3.37. The largest absolute Gasteiger partial charge is 0.463 e. The number of benzene rings is 1. The lowest BCUT2D eigenvalue weighted by Gasteiger charge is -2.01. The van der Waals surface area contributed by atoms with E-state index in [4.69, 9.17) is 9.47 Å². The van der Waals surface area contributed by atoms with Gasteiger partial charge in [0.15, 0.2) is 0 Å². The summed E-state index contributed by atoms with van der Waals surface area (Å²) < 4.78 is 11.2. The van der Waals surface area contributed by atoms with E-state index < -0.39 is 0 Å². The summed E-state index contributed by atoms with van der Waals surface area (Å²) in [7, 11) is 0. The molecular weight excluding hydrogens is 284 g/mol. The van der Waals surface area contributed by atoms with Gasteiger partial charge in [0.2, 0.25) is 0 Å². The van der Waals surface area contributed by atoms with Crippen molar-refractivity contribution >= 4 is 21.9 Å². The number of hydrogen-bond acceptors (Lipinski definition) is 3. The highest BCUT2D eigenvalue weighted by atomic mass is 79.9. The summed E-state index contributed by atoms with van der Waals surface area (Å²) in [6, 6.07) is 7.90. The molecule has 0 aromatic heterocycles. The smallest absolute Gasteiger partial charge is 0.330 e. The maximum atomic E-state index is 10.9. The molecule has 0 heterocycles. The van der Waals surface area contributed by atoms with Crippen molar-refractivity contribution in [3.8, 4) is 0 Å². The lowest BCUT2D eigenvalue weighted by molar-refractivity contribution is -0.137. The molecule has 0 aliphatic rings. The van der Waals surface area contributed by atoms with Crippen LogP contribution in [0.3, 0.4) is 0 Å². The zero-order valence-electron chi connectivity index (χ0n) is 9.69. The first-order chi connectivity index (χ1) is 8.22. The molecule has 0 amide bonds. The molecule has 1 rings (SSSR count). The zero-order valence-corrected chi connectivity index (χ0v) is 11.3. The summed E-state index contributed by atoms with van der Waals surface area (Å²) in [4.78, 5) is 10.9. The fourth-order valence-electron chi connectivity index (χ4n) is 1.16. The van der Waals surface area contributed by atoms with Gasteiger partial charge >= 0.3 is 5.97 Å². The second kappa shape index (κ2) is 8.03. The van der Waals surface area contributed by atoms with Crippen LogP contribution in [0.1, 0.15) is 12.5 Å². The first-order valence-corrected chi connectivity index (χ1v) is 6.17. The van der Waals surface area contributed by atoms with Gasteiger partial charge in [-0.25, -0.2) is 4.79 Å². The number of halogens is 1. The third kappa shape index (κ3) is 6.24. The van der Waals surface area contributed by atoms with Gasteiger partial charge in [-0.05, 0) is 24.6 Å². The highest BCUT2D eigenvalue weighted by molar-refractivity contribution is 9.10. The number of ether oxygens (including phenoxy) is 2. The van der Waals surface area contributed by atoms with Gasteiger partial charge in [-0.3, -0.25) is 0 Å². The molecule has 0 saturated heterocycles. The minimum absolute atomic E-state index is 0.334. The van der Waals surface area contributed by atoms with Crippen LogP contribution in [0.2, 0.25) is 0 Å². The van der Waals surface area contributed by atoms with Gasteiger partial charge in [0.1, 0.15) is 0 Å². The predicted octanol–water partition coefficient (Wildman–Crippen LogP) is 3.09. The van der Waals surface area contributed by atoms with Crippen molar-refractivity contribution in [2.45, 2.75) is 13.5 Å². The molecule has 92 valence electrons. The Labute approximate surface area is 110 Å². The predicted molar refractivity (Wildman–Crippen MR) is 69.6 cm³/mol. The second-order valence-corrected chi connectivity index (χ2v) is 4.21. The number of hydrogen-bond donors (Lipinski definition) is 0. The van der Waals surface area contributed by atoms with Gasteiger partial charge in [0, 0.05) is 10.5 Å². The van der Waals surface area contributed by atoms with E-state index in [0.29, 0.717) is 19.8 Å². The summed E-state index contributed by atoms with van der Waals surface area (Å²) in [6.07, 6.45) is 3.03. The Balaban J connectivity index is 2.20. The molecule has 17 heavy (non-hydrogen) atoms. The fourth-order valence-corrected chi connectivity index (χ4v) is 1.42. The van der Waals surface area contributed by atoms with Crippen LogP contribution in [-0.2, 0) is 20.9 Å². The van der Waals surface area contributed by atoms with Gasteiger partial charge < -0.3 is 9.47 Å². The summed E-state index contributed by atoms with van der Waals surface area (Å²) in [5.74, 6) is -0.334. The summed E-state index contributed by atoms with van der Waals surface area (Å²) in [5.41, 5.74) is 1.10. The van der Waals surface area contributed by atoms with Gasteiger partial charge in [-0.15, -0.1) is 0 Å². The highest BCUT2D eigenvalue weighted by Crippen LogP contribution is 2.10. The quantitative estimate of drug-likeness (QED) is 0.460. The molecule has 1 aromatic rings. The Morgan fingerprint density at radius 1 is 1.35 bits per heavy atom. The van der Waals surface area contributed by atoms with E-state index in [9.17, 15) is 4.79 Å². The molecule has 3 nitrogen and oxygen atoms in total. The highest BCUT2D eigenvalue weighted by Gasteiger charge is 1.94. The number of esters is 1. The molecular formula is C13H15BrO3. The van der Waals surface area contributed by atoms with Crippen molar-refractivity contribution in [1.29, 1.82) is 0 Å². The average Bonchev–Trinajstić information content (AvgIpc) is 2.31. The molecule has 0 bridgehead atoms. The lowest BCUT2D eigenvalue weighted by atomic mass is 10.2. The normalized spacial score (nSPS) is 10.7. The van der Waals surface area contributed by atoms with Gasteiger partial charge in [-0.1, -0.05) is 34.1 Å². The molecule has 0 aliphatic heterocycles. The Bertz CT molecular complexity index is 371. The van der Waals surface area contributed by atoms with Crippen LogP contribution in [0, 0.1) is 0 Å². The van der Waals surface area contributed by atoms with Crippen LogP contribution in [0.15, 0.2) is 40.9 Å². The van der Waals surface area contributed by atoms with Crippen LogP contribution in [-0.4, -0.2) is 19.2 Å². The molecule has 0 unspecified atom stereocenters. The van der Waals surface area contributed by atoms with E-state index in [0.717, 1.165) is 10.0 Å². The maximum Gasteiger partial charge on any atom is 0.330 e. The molecule has 0 atom stereocenters. The first-order valence-electron chi connectivity index (χ1n) is 5.38. The van der Waals surface area contributed by atoms with Gasteiger partial charge in [0.25, 0.3) is 0 Å². The van der Waals surface area contributed by atoms with Crippen molar-refractivity contribution in [3.63, 3.8) is 0 Å². The maximum absolute atomic E-state index is 10.9. The number of carbonyl (C=O) groups is 1. The summed E-state index contributed by atoms with van der Waals surface area (Å²) in [5, 5.41) is 0. The first kappa shape index (κ1) is 13.9.